The molecule has 0 N–H and O–H groups in total. The first kappa shape index (κ1) is 23.7. The minimum absolute atomic E-state index is 0.0104. The Balaban J connectivity index is 1.46. The van der Waals surface area contributed by atoms with Crippen molar-refractivity contribution in [1.82, 2.24) is 19.7 Å². The Hall–Kier alpha value is -4.45. The van der Waals surface area contributed by atoms with Crippen LogP contribution in [0.5, 0.6) is 5.75 Å². The summed E-state index contributed by atoms with van der Waals surface area (Å²) in [5.74, 6) is -3.49. The van der Waals surface area contributed by atoms with Crippen LogP contribution >= 0.6 is 0 Å². The van der Waals surface area contributed by atoms with Crippen molar-refractivity contribution in [3.8, 4) is 17.5 Å². The van der Waals surface area contributed by atoms with Gasteiger partial charge >= 0.3 is 0 Å². The molecule has 0 atom stereocenters. The molecule has 1 aromatic carbocycles. The Morgan fingerprint density at radius 3 is 2.49 bits per heavy atom. The number of benzene rings is 1. The van der Waals surface area contributed by atoms with Gasteiger partial charge in [-0.05, 0) is 12.1 Å². The summed E-state index contributed by atoms with van der Waals surface area (Å²) in [6, 6.07) is 6.58. The predicted molar refractivity (Wildman–Crippen MR) is 118 cm³/mol. The summed E-state index contributed by atoms with van der Waals surface area (Å²) in [5.41, 5.74) is -1.18. The van der Waals surface area contributed by atoms with E-state index < -0.39 is 17.3 Å². The topological polar surface area (TPSA) is 101 Å². The monoisotopic (exact) mass is 481 g/mol. The Bertz CT molecular complexity index is 1380. The SMILES string of the molecule is [C-]#[N+]c1ccc(-n2nc(C#N)c(OC3CCN(c4ncc(C(C)(F)F)cn4)CC3)cc2=O)cc1F. The molecule has 1 aliphatic rings. The predicted octanol–water partition coefficient (Wildman–Crippen LogP) is 3.74. The molecule has 0 radical (unpaired) electrons. The Kier molecular flexibility index (Phi) is 6.38. The number of hydrogen-bond acceptors (Lipinski definition) is 7. The van der Waals surface area contributed by atoms with Crippen molar-refractivity contribution < 1.29 is 17.9 Å². The lowest BCUT2D eigenvalue weighted by molar-refractivity contribution is 0.0167. The highest BCUT2D eigenvalue weighted by Crippen LogP contribution is 2.27. The average molecular weight is 481 g/mol. The highest BCUT2D eigenvalue weighted by atomic mass is 19.3. The third-order valence-electron chi connectivity index (χ3n) is 5.46. The minimum Gasteiger partial charge on any atom is -0.487 e. The first-order valence-corrected chi connectivity index (χ1v) is 10.5. The van der Waals surface area contributed by atoms with Gasteiger partial charge in [-0.25, -0.2) is 28.0 Å². The molecule has 0 amide bonds. The molecule has 178 valence electrons. The van der Waals surface area contributed by atoms with E-state index in [0.29, 0.717) is 31.9 Å². The molecule has 12 heteroatoms. The van der Waals surface area contributed by atoms with Gasteiger partial charge in [0.2, 0.25) is 17.3 Å². The summed E-state index contributed by atoms with van der Waals surface area (Å²) in [4.78, 5) is 25.5. The highest BCUT2D eigenvalue weighted by Gasteiger charge is 2.27. The molecule has 3 aromatic rings. The molecule has 0 bridgehead atoms. The van der Waals surface area contributed by atoms with Crippen molar-refractivity contribution in [2.24, 2.45) is 0 Å². The van der Waals surface area contributed by atoms with E-state index in [-0.39, 0.29) is 34.5 Å². The third kappa shape index (κ3) is 5.06. The van der Waals surface area contributed by atoms with Gasteiger partial charge in [-0.15, -0.1) is 5.10 Å². The number of ether oxygens (including phenoxy) is 1. The van der Waals surface area contributed by atoms with Gasteiger partial charge < -0.3 is 9.64 Å². The van der Waals surface area contributed by atoms with Gasteiger partial charge in [-0.3, -0.25) is 4.79 Å². The highest BCUT2D eigenvalue weighted by molar-refractivity contribution is 5.51. The van der Waals surface area contributed by atoms with Gasteiger partial charge in [-0.2, -0.15) is 9.94 Å². The lowest BCUT2D eigenvalue weighted by atomic mass is 10.1. The molecule has 1 aliphatic heterocycles. The van der Waals surface area contributed by atoms with Gasteiger partial charge in [0.25, 0.3) is 11.5 Å². The fraction of sp³-hybridized carbons (Fsp3) is 0.304. The molecule has 0 unspecified atom stereocenters. The largest absolute Gasteiger partial charge is 0.487 e. The van der Waals surface area contributed by atoms with Crippen molar-refractivity contribution in [3.63, 3.8) is 0 Å². The van der Waals surface area contributed by atoms with Crippen molar-refractivity contribution in [2.75, 3.05) is 18.0 Å². The maximum absolute atomic E-state index is 14.0. The van der Waals surface area contributed by atoms with Gasteiger partial charge in [0, 0.05) is 45.2 Å². The number of anilines is 1. The van der Waals surface area contributed by atoms with Crippen LogP contribution in [-0.2, 0) is 5.92 Å². The van der Waals surface area contributed by atoms with Crippen molar-refractivity contribution in [3.05, 3.63) is 75.5 Å². The zero-order chi connectivity index (χ0) is 25.2. The molecule has 2 aromatic heterocycles. The second-order valence-corrected chi connectivity index (χ2v) is 7.93. The Labute approximate surface area is 197 Å². The summed E-state index contributed by atoms with van der Waals surface area (Å²) >= 11 is 0. The molecular weight excluding hydrogens is 463 g/mol. The van der Waals surface area contributed by atoms with Crippen molar-refractivity contribution >= 4 is 11.6 Å². The third-order valence-corrected chi connectivity index (χ3v) is 5.46. The maximum atomic E-state index is 14.0. The van der Waals surface area contributed by atoms with E-state index in [4.69, 9.17) is 11.3 Å². The number of nitrogens with zero attached hydrogens (tertiary/aromatic N) is 7. The number of nitriles is 1. The van der Waals surface area contributed by atoms with Crippen LogP contribution in [0.2, 0.25) is 0 Å². The standard InChI is InChI=1S/C23H18F3N7O2/c1-23(25,26)14-12-29-22(30-13-14)32-7-5-16(6-8-32)35-20-10-21(34)33(31-19(20)11-27)15-3-4-18(28-2)17(24)9-15/h3-4,9-10,12-13,16H,5-8H2,1H3. The van der Waals surface area contributed by atoms with Crippen LogP contribution in [0.15, 0.2) is 41.5 Å². The van der Waals surface area contributed by atoms with E-state index in [0.717, 1.165) is 36.1 Å². The second kappa shape index (κ2) is 9.43. The molecule has 1 fully saturated rings. The van der Waals surface area contributed by atoms with Crippen LogP contribution in [0.4, 0.5) is 24.8 Å². The van der Waals surface area contributed by atoms with Crippen LogP contribution in [0.25, 0.3) is 10.5 Å². The minimum atomic E-state index is -3.02. The van der Waals surface area contributed by atoms with Crippen molar-refractivity contribution in [2.45, 2.75) is 31.8 Å². The van der Waals surface area contributed by atoms with Gasteiger partial charge in [0.05, 0.1) is 23.9 Å². The van der Waals surface area contributed by atoms with Crippen molar-refractivity contribution in [1.29, 1.82) is 5.26 Å². The molecule has 0 spiro atoms. The molecule has 4 rings (SSSR count). The molecule has 35 heavy (non-hydrogen) atoms. The molecule has 1 saturated heterocycles. The number of hydrogen-bond donors (Lipinski definition) is 0. The summed E-state index contributed by atoms with van der Waals surface area (Å²) < 4.78 is 47.4. The molecule has 0 aliphatic carbocycles. The Morgan fingerprint density at radius 1 is 1.23 bits per heavy atom. The fourth-order valence-electron chi connectivity index (χ4n) is 3.58. The molecule has 0 saturated carbocycles. The maximum Gasteiger partial charge on any atom is 0.275 e. The van der Waals surface area contributed by atoms with Crippen LogP contribution in [0.3, 0.4) is 0 Å². The van der Waals surface area contributed by atoms with E-state index in [1.807, 2.05) is 11.0 Å². The first-order valence-electron chi connectivity index (χ1n) is 10.5. The van der Waals surface area contributed by atoms with E-state index >= 15 is 0 Å². The number of halogens is 3. The van der Waals surface area contributed by atoms with Crippen LogP contribution in [0, 0.1) is 23.7 Å². The quantitative estimate of drug-likeness (QED) is 0.512. The van der Waals surface area contributed by atoms with Gasteiger partial charge in [0.1, 0.15) is 18.0 Å². The number of aromatic nitrogens is 4. The zero-order valence-corrected chi connectivity index (χ0v) is 18.5. The van der Waals surface area contributed by atoms with Gasteiger partial charge in [0.15, 0.2) is 5.75 Å². The van der Waals surface area contributed by atoms with E-state index in [2.05, 4.69) is 19.9 Å². The van der Waals surface area contributed by atoms with Crippen LogP contribution < -0.4 is 15.2 Å². The fourth-order valence-corrected chi connectivity index (χ4v) is 3.58. The van der Waals surface area contributed by atoms with Crippen LogP contribution in [0.1, 0.15) is 31.0 Å². The summed E-state index contributed by atoms with van der Waals surface area (Å²) in [6.45, 7) is 8.65. The smallest absolute Gasteiger partial charge is 0.275 e. The summed E-state index contributed by atoms with van der Waals surface area (Å²) in [7, 11) is 0. The lowest BCUT2D eigenvalue weighted by Gasteiger charge is -2.32. The zero-order valence-electron chi connectivity index (χ0n) is 18.5. The summed E-state index contributed by atoms with van der Waals surface area (Å²) in [6.07, 6.45) is 2.89. The van der Waals surface area contributed by atoms with Crippen LogP contribution in [-0.4, -0.2) is 38.9 Å². The Morgan fingerprint density at radius 2 is 1.91 bits per heavy atom. The average Bonchev–Trinajstić information content (AvgIpc) is 2.84. The van der Waals surface area contributed by atoms with Gasteiger partial charge in [-0.1, -0.05) is 6.07 Å². The van der Waals surface area contributed by atoms with E-state index in [1.165, 1.54) is 12.1 Å². The molecule has 3 heterocycles. The number of alkyl halides is 2. The number of rotatable bonds is 5. The van der Waals surface area contributed by atoms with E-state index in [9.17, 15) is 23.2 Å². The number of piperidine rings is 1. The first-order chi connectivity index (χ1) is 16.7. The normalized spacial score (nSPS) is 14.3. The lowest BCUT2D eigenvalue weighted by Crippen LogP contribution is -2.39. The second-order valence-electron chi connectivity index (χ2n) is 7.93. The van der Waals surface area contributed by atoms with E-state index in [1.54, 1.807) is 0 Å². The summed E-state index contributed by atoms with van der Waals surface area (Å²) in [5, 5.41) is 13.5. The molecule has 9 nitrogen and oxygen atoms in total. The molecular formula is C23H18F3N7O2.